The van der Waals surface area contributed by atoms with Gasteiger partial charge in [-0.15, -0.1) is 12.6 Å². The molecule has 2 aromatic carbocycles. The highest BCUT2D eigenvalue weighted by molar-refractivity contribution is 7.90. The second-order valence-corrected chi connectivity index (χ2v) is 9.36. The monoisotopic (exact) mass is 450 g/mol. The molecule has 3 rings (SSSR count). The van der Waals surface area contributed by atoms with E-state index in [1.54, 1.807) is 32.0 Å². The zero-order valence-electron chi connectivity index (χ0n) is 16.9. The summed E-state index contributed by atoms with van der Waals surface area (Å²) in [6.45, 7) is 3.48. The van der Waals surface area contributed by atoms with E-state index in [2.05, 4.69) is 17.6 Å². The van der Waals surface area contributed by atoms with E-state index in [9.17, 15) is 13.2 Å². The minimum absolute atomic E-state index is 0.0402. The minimum atomic E-state index is -3.94. The summed E-state index contributed by atoms with van der Waals surface area (Å²) >= 11 is 4.24. The van der Waals surface area contributed by atoms with Crippen molar-refractivity contribution in [3.8, 4) is 11.5 Å². The quantitative estimate of drug-likeness (QED) is 0.436. The number of nitrogens with zero attached hydrogens (tertiary/aromatic N) is 2. The third kappa shape index (κ3) is 4.10. The molecule has 10 heteroatoms. The van der Waals surface area contributed by atoms with Crippen LogP contribution in [0.3, 0.4) is 0 Å². The Hall–Kier alpha value is -2.72. The molecule has 0 aliphatic rings. The Morgan fingerprint density at radius 2 is 1.73 bits per heavy atom. The van der Waals surface area contributed by atoms with E-state index >= 15 is 0 Å². The summed E-state index contributed by atoms with van der Waals surface area (Å²) in [5.74, 6) is 0.595. The number of benzene rings is 2. The maximum Gasteiger partial charge on any atom is 0.314 e. The van der Waals surface area contributed by atoms with Gasteiger partial charge in [-0.1, -0.05) is 0 Å². The third-order valence-corrected chi connectivity index (χ3v) is 6.66. The predicted octanol–water partition coefficient (Wildman–Crippen LogP) is 3.15. The van der Waals surface area contributed by atoms with E-state index in [1.807, 2.05) is 0 Å². The maximum atomic E-state index is 13.2. The van der Waals surface area contributed by atoms with Gasteiger partial charge in [0, 0.05) is 6.07 Å². The van der Waals surface area contributed by atoms with Crippen LogP contribution in [0.2, 0.25) is 0 Å². The fourth-order valence-corrected chi connectivity index (χ4v) is 4.70. The molecule has 0 saturated heterocycles. The van der Waals surface area contributed by atoms with Crippen molar-refractivity contribution in [2.24, 2.45) is 5.41 Å². The summed E-state index contributed by atoms with van der Waals surface area (Å²) in [5, 5.41) is 0.0402. The average Bonchev–Trinajstić information content (AvgIpc) is 3.07. The first-order valence-corrected chi connectivity index (χ1v) is 10.8. The van der Waals surface area contributed by atoms with Crippen molar-refractivity contribution in [1.29, 1.82) is 0 Å². The van der Waals surface area contributed by atoms with Crippen molar-refractivity contribution >= 4 is 39.7 Å². The number of ether oxygens (including phenoxy) is 3. The van der Waals surface area contributed by atoms with Crippen LogP contribution in [-0.4, -0.2) is 44.2 Å². The van der Waals surface area contributed by atoms with Gasteiger partial charge in [-0.3, -0.25) is 4.79 Å². The first-order chi connectivity index (χ1) is 14.1. The van der Waals surface area contributed by atoms with Crippen LogP contribution in [0.5, 0.6) is 11.5 Å². The lowest BCUT2D eigenvalue weighted by Crippen LogP contribution is -2.32. The smallest absolute Gasteiger partial charge is 0.314 e. The van der Waals surface area contributed by atoms with Gasteiger partial charge in [-0.05, 0) is 50.2 Å². The van der Waals surface area contributed by atoms with Gasteiger partial charge in [0.25, 0.3) is 10.0 Å². The lowest BCUT2D eigenvalue weighted by Gasteiger charge is -2.21. The van der Waals surface area contributed by atoms with E-state index in [-0.39, 0.29) is 16.7 Å². The van der Waals surface area contributed by atoms with Crippen molar-refractivity contribution in [3.63, 3.8) is 0 Å². The molecular formula is C20H22N2O6S2. The summed E-state index contributed by atoms with van der Waals surface area (Å²) in [6.07, 6.45) is 0. The van der Waals surface area contributed by atoms with Crippen LogP contribution in [-0.2, 0) is 19.6 Å². The molecule has 0 aliphatic heterocycles. The minimum Gasteiger partial charge on any atom is -0.497 e. The molecule has 0 atom stereocenters. The van der Waals surface area contributed by atoms with Crippen LogP contribution in [0.1, 0.15) is 13.8 Å². The van der Waals surface area contributed by atoms with Gasteiger partial charge in [0.15, 0.2) is 5.16 Å². The van der Waals surface area contributed by atoms with Gasteiger partial charge in [-0.2, -0.15) is 0 Å². The summed E-state index contributed by atoms with van der Waals surface area (Å²) in [7, 11) is -1.11. The number of esters is 1. The molecule has 0 unspecified atom stereocenters. The van der Waals surface area contributed by atoms with Crippen LogP contribution < -0.4 is 9.47 Å². The number of carbonyl (C=O) groups is 1. The number of hydrogen-bond acceptors (Lipinski definition) is 8. The number of thiol groups is 1. The summed E-state index contributed by atoms with van der Waals surface area (Å²) < 4.78 is 43.0. The molecule has 1 heterocycles. The van der Waals surface area contributed by atoms with Gasteiger partial charge >= 0.3 is 5.97 Å². The van der Waals surface area contributed by atoms with Crippen LogP contribution in [0.15, 0.2) is 52.5 Å². The lowest BCUT2D eigenvalue weighted by molar-refractivity contribution is -0.152. The summed E-state index contributed by atoms with van der Waals surface area (Å²) in [6, 6.07) is 10.8. The second-order valence-electron chi connectivity index (χ2n) is 7.17. The Labute approximate surface area is 180 Å². The molecule has 0 N–H and O–H groups in total. The molecule has 0 spiro atoms. The predicted molar refractivity (Wildman–Crippen MR) is 114 cm³/mol. The SMILES string of the molecule is COC(=O)C(C)(C)COc1ccc(S(=O)(=O)n2c(S)nc3cc(OC)ccc32)cc1. The van der Waals surface area contributed by atoms with E-state index in [4.69, 9.17) is 14.2 Å². The van der Waals surface area contributed by atoms with E-state index < -0.39 is 21.4 Å². The largest absolute Gasteiger partial charge is 0.497 e. The molecule has 0 radical (unpaired) electrons. The molecule has 3 aromatic rings. The molecular weight excluding hydrogens is 428 g/mol. The number of methoxy groups -OCH3 is 2. The third-order valence-electron chi connectivity index (χ3n) is 4.50. The zero-order chi connectivity index (χ0) is 22.1. The van der Waals surface area contributed by atoms with E-state index in [0.29, 0.717) is 22.5 Å². The summed E-state index contributed by atoms with van der Waals surface area (Å²) in [5.41, 5.74) is 0.00545. The molecule has 8 nitrogen and oxygen atoms in total. The Balaban J connectivity index is 1.88. The van der Waals surface area contributed by atoms with Crippen LogP contribution >= 0.6 is 12.6 Å². The van der Waals surface area contributed by atoms with Crippen molar-refractivity contribution in [3.05, 3.63) is 42.5 Å². The fraction of sp³-hybridized carbons (Fsp3) is 0.300. The van der Waals surface area contributed by atoms with Gasteiger partial charge in [-0.25, -0.2) is 17.4 Å². The fourth-order valence-electron chi connectivity index (χ4n) is 2.80. The van der Waals surface area contributed by atoms with Crippen molar-refractivity contribution < 1.29 is 27.4 Å². The lowest BCUT2D eigenvalue weighted by atomic mass is 9.95. The Kier molecular flexibility index (Phi) is 6.00. The molecule has 0 bridgehead atoms. The van der Waals surface area contributed by atoms with E-state index in [1.165, 1.54) is 38.5 Å². The number of imidazole rings is 1. The van der Waals surface area contributed by atoms with Gasteiger partial charge in [0.1, 0.15) is 18.1 Å². The van der Waals surface area contributed by atoms with Gasteiger partial charge < -0.3 is 14.2 Å². The Morgan fingerprint density at radius 3 is 2.33 bits per heavy atom. The Morgan fingerprint density at radius 1 is 1.10 bits per heavy atom. The van der Waals surface area contributed by atoms with Gasteiger partial charge in [0.05, 0.1) is 35.6 Å². The highest BCUT2D eigenvalue weighted by Gasteiger charge is 2.30. The normalized spacial score (nSPS) is 12.0. The molecule has 0 fully saturated rings. The first kappa shape index (κ1) is 22.0. The molecule has 30 heavy (non-hydrogen) atoms. The van der Waals surface area contributed by atoms with Crippen LogP contribution in [0, 0.1) is 5.41 Å². The van der Waals surface area contributed by atoms with Crippen molar-refractivity contribution in [2.45, 2.75) is 23.9 Å². The molecule has 0 saturated carbocycles. The number of carbonyl (C=O) groups excluding carboxylic acids is 1. The zero-order valence-corrected chi connectivity index (χ0v) is 18.7. The van der Waals surface area contributed by atoms with Crippen molar-refractivity contribution in [2.75, 3.05) is 20.8 Å². The summed E-state index contributed by atoms with van der Waals surface area (Å²) in [4.78, 5) is 16.0. The second kappa shape index (κ2) is 8.19. The topological polar surface area (TPSA) is 96.7 Å². The standard InChI is InChI=1S/C20H22N2O6S2/c1-20(2,18(23)27-4)12-28-13-5-8-15(9-6-13)30(24,25)22-17-10-7-14(26-3)11-16(17)21-19(22)29/h5-11H,12H2,1-4H3,(H,21,29). The average molecular weight is 451 g/mol. The van der Waals surface area contributed by atoms with E-state index in [0.717, 1.165) is 3.97 Å². The highest BCUT2D eigenvalue weighted by atomic mass is 32.2. The molecule has 1 aromatic heterocycles. The highest BCUT2D eigenvalue weighted by Crippen LogP contribution is 2.29. The number of fused-ring (bicyclic) bond motifs is 1. The maximum absolute atomic E-state index is 13.2. The van der Waals surface area contributed by atoms with Crippen LogP contribution in [0.25, 0.3) is 11.0 Å². The van der Waals surface area contributed by atoms with Gasteiger partial charge in [0.2, 0.25) is 0 Å². The number of hydrogen-bond donors (Lipinski definition) is 1. The molecule has 160 valence electrons. The van der Waals surface area contributed by atoms with Crippen molar-refractivity contribution in [1.82, 2.24) is 8.96 Å². The Bertz CT molecular complexity index is 1180. The first-order valence-electron chi connectivity index (χ1n) is 8.92. The van der Waals surface area contributed by atoms with Crippen LogP contribution in [0.4, 0.5) is 0 Å². The molecule has 0 aliphatic carbocycles. The number of rotatable bonds is 7. The molecule has 0 amide bonds. The number of aromatic nitrogens is 2.